The number of hydrogen-bond acceptors (Lipinski definition) is 2. The molecule has 0 aliphatic carbocycles. The van der Waals surface area contributed by atoms with Gasteiger partial charge in [0.25, 0.3) is 0 Å². The smallest absolute Gasteiger partial charge is 0.321 e. The van der Waals surface area contributed by atoms with Crippen molar-refractivity contribution in [2.24, 2.45) is 0 Å². The summed E-state index contributed by atoms with van der Waals surface area (Å²) in [4.78, 5) is 28.8. The van der Waals surface area contributed by atoms with Gasteiger partial charge in [-0.1, -0.05) is 18.2 Å². The number of carbonyl (C=O) groups is 2. The van der Waals surface area contributed by atoms with Crippen LogP contribution >= 0.6 is 0 Å². The van der Waals surface area contributed by atoms with Gasteiger partial charge in [0.1, 0.15) is 0 Å². The maximum absolute atomic E-state index is 12.3. The molecule has 2 aromatic carbocycles. The Labute approximate surface area is 144 Å². The van der Waals surface area contributed by atoms with Gasteiger partial charge in [0.2, 0.25) is 5.91 Å². The Balaban J connectivity index is 1.43. The van der Waals surface area contributed by atoms with E-state index in [-0.39, 0.29) is 11.9 Å². The van der Waals surface area contributed by atoms with Crippen molar-refractivity contribution in [3.05, 3.63) is 60.3 Å². The van der Waals surface area contributed by atoms with Crippen molar-refractivity contribution in [2.45, 2.75) is 6.42 Å². The number of urea groups is 1. The van der Waals surface area contributed by atoms with Gasteiger partial charge in [0.15, 0.2) is 0 Å². The van der Waals surface area contributed by atoms with Crippen molar-refractivity contribution in [3.63, 3.8) is 0 Å². The van der Waals surface area contributed by atoms with Gasteiger partial charge in [-0.3, -0.25) is 9.69 Å². The second kappa shape index (κ2) is 6.32. The molecular weight excluding hydrogens is 316 g/mol. The third-order valence-corrected chi connectivity index (χ3v) is 4.35. The third-order valence-electron chi connectivity index (χ3n) is 4.35. The summed E-state index contributed by atoms with van der Waals surface area (Å²) in [6, 6.07) is 15.1. The number of nitrogens with zero attached hydrogens (tertiary/aromatic N) is 1. The van der Waals surface area contributed by atoms with E-state index in [0.29, 0.717) is 25.2 Å². The number of hydrogen-bond donors (Lipinski definition) is 3. The number of carbonyl (C=O) groups excluding carboxylic acids is 2. The van der Waals surface area contributed by atoms with Crippen molar-refractivity contribution in [3.8, 4) is 0 Å². The summed E-state index contributed by atoms with van der Waals surface area (Å²) < 4.78 is 0. The summed E-state index contributed by atoms with van der Waals surface area (Å²) in [6.45, 7) is 1.31. The molecule has 0 atom stereocenters. The lowest BCUT2D eigenvalue weighted by Crippen LogP contribution is -2.27. The lowest BCUT2D eigenvalue weighted by molar-refractivity contribution is -0.115. The molecule has 25 heavy (non-hydrogen) atoms. The molecule has 6 heteroatoms. The number of rotatable bonds is 4. The van der Waals surface area contributed by atoms with Crippen molar-refractivity contribution in [1.29, 1.82) is 0 Å². The number of benzene rings is 2. The lowest BCUT2D eigenvalue weighted by atomic mass is 10.1. The predicted octanol–water partition coefficient (Wildman–Crippen LogP) is 2.88. The molecule has 2 heterocycles. The molecule has 0 saturated carbocycles. The minimum Gasteiger partial charge on any atom is -0.361 e. The molecule has 3 N–H and O–H groups in total. The number of aromatic amines is 1. The highest BCUT2D eigenvalue weighted by molar-refractivity contribution is 5.97. The van der Waals surface area contributed by atoms with Crippen LogP contribution < -0.4 is 15.5 Å². The Morgan fingerprint density at radius 2 is 1.92 bits per heavy atom. The first-order valence-corrected chi connectivity index (χ1v) is 8.21. The molecular formula is C19H18N4O2. The van der Waals surface area contributed by atoms with Crippen molar-refractivity contribution in [1.82, 2.24) is 10.3 Å². The summed E-state index contributed by atoms with van der Waals surface area (Å²) in [7, 11) is 0. The molecule has 0 bridgehead atoms. The lowest BCUT2D eigenvalue weighted by Gasteiger charge is -2.14. The number of fused-ring (bicyclic) bond motifs is 1. The van der Waals surface area contributed by atoms with E-state index in [1.807, 2.05) is 54.7 Å². The molecule has 0 radical (unpaired) electrons. The zero-order valence-corrected chi connectivity index (χ0v) is 13.6. The molecule has 1 fully saturated rings. The zero-order chi connectivity index (χ0) is 17.2. The maximum Gasteiger partial charge on any atom is 0.321 e. The molecule has 4 rings (SSSR count). The molecule has 126 valence electrons. The van der Waals surface area contributed by atoms with Crippen molar-refractivity contribution >= 4 is 34.2 Å². The van der Waals surface area contributed by atoms with Crippen LogP contribution in [0.15, 0.2) is 54.7 Å². The molecule has 3 amide bonds. The van der Waals surface area contributed by atoms with Gasteiger partial charge in [0.05, 0.1) is 6.42 Å². The van der Waals surface area contributed by atoms with E-state index in [1.165, 1.54) is 0 Å². The molecule has 0 spiro atoms. The van der Waals surface area contributed by atoms with E-state index in [0.717, 1.165) is 22.2 Å². The van der Waals surface area contributed by atoms with Crippen LogP contribution in [0, 0.1) is 0 Å². The number of nitrogens with one attached hydrogen (secondary N) is 3. The van der Waals surface area contributed by atoms with Crippen LogP contribution in [0.25, 0.3) is 10.9 Å². The van der Waals surface area contributed by atoms with E-state index in [1.54, 1.807) is 4.90 Å². The Bertz CT molecular complexity index is 930. The Morgan fingerprint density at radius 3 is 2.68 bits per heavy atom. The summed E-state index contributed by atoms with van der Waals surface area (Å²) in [5.74, 6) is -0.0728. The minimum atomic E-state index is -0.0869. The topological polar surface area (TPSA) is 77.2 Å². The average molecular weight is 334 g/mol. The van der Waals surface area contributed by atoms with Crippen LogP contribution in [0.2, 0.25) is 0 Å². The number of para-hydroxylation sites is 1. The van der Waals surface area contributed by atoms with E-state index >= 15 is 0 Å². The van der Waals surface area contributed by atoms with Crippen LogP contribution in [0.1, 0.15) is 5.56 Å². The fraction of sp³-hybridized carbons (Fsp3) is 0.158. The highest BCUT2D eigenvalue weighted by Gasteiger charge is 2.20. The van der Waals surface area contributed by atoms with Crippen molar-refractivity contribution < 1.29 is 9.59 Å². The fourth-order valence-electron chi connectivity index (χ4n) is 3.10. The second-order valence-corrected chi connectivity index (χ2v) is 6.01. The van der Waals surface area contributed by atoms with Gasteiger partial charge in [-0.2, -0.15) is 0 Å². The van der Waals surface area contributed by atoms with Crippen molar-refractivity contribution in [2.75, 3.05) is 23.3 Å². The standard InChI is InChI=1S/C19H18N4O2/c24-18(11-13-12-21-17-4-2-1-3-16(13)17)22-14-5-7-15(8-6-14)23-10-9-20-19(23)25/h1-8,12,21H,9-11H2,(H,20,25)(H,22,24). The van der Waals surface area contributed by atoms with Gasteiger partial charge >= 0.3 is 6.03 Å². The first-order valence-electron chi connectivity index (χ1n) is 8.21. The predicted molar refractivity (Wildman–Crippen MR) is 97.8 cm³/mol. The Morgan fingerprint density at radius 1 is 1.12 bits per heavy atom. The average Bonchev–Trinajstić information content (AvgIpc) is 3.22. The number of aromatic nitrogens is 1. The van der Waals surface area contributed by atoms with Gasteiger partial charge in [0, 0.05) is 41.6 Å². The van der Waals surface area contributed by atoms with Crippen LogP contribution in [-0.4, -0.2) is 30.0 Å². The van der Waals surface area contributed by atoms with Gasteiger partial charge < -0.3 is 15.6 Å². The Kier molecular flexibility index (Phi) is 3.85. The summed E-state index contributed by atoms with van der Waals surface area (Å²) >= 11 is 0. The Hall–Kier alpha value is -3.28. The fourth-order valence-corrected chi connectivity index (χ4v) is 3.10. The summed E-state index contributed by atoms with van der Waals surface area (Å²) in [6.07, 6.45) is 2.18. The third kappa shape index (κ3) is 3.06. The number of amides is 3. The van der Waals surface area contributed by atoms with Crippen LogP contribution in [0.3, 0.4) is 0 Å². The van der Waals surface area contributed by atoms with Gasteiger partial charge in [-0.25, -0.2) is 4.79 Å². The highest BCUT2D eigenvalue weighted by Crippen LogP contribution is 2.21. The normalized spacial score (nSPS) is 13.9. The second-order valence-electron chi connectivity index (χ2n) is 6.01. The van der Waals surface area contributed by atoms with E-state index in [4.69, 9.17) is 0 Å². The first-order chi connectivity index (χ1) is 12.2. The first kappa shape index (κ1) is 15.3. The van der Waals surface area contributed by atoms with Gasteiger partial charge in [-0.15, -0.1) is 0 Å². The van der Waals surface area contributed by atoms with Crippen LogP contribution in [0.4, 0.5) is 16.2 Å². The monoisotopic (exact) mass is 334 g/mol. The number of H-pyrrole nitrogens is 1. The largest absolute Gasteiger partial charge is 0.361 e. The summed E-state index contributed by atoms with van der Waals surface area (Å²) in [5, 5.41) is 6.73. The molecule has 0 unspecified atom stereocenters. The number of anilines is 2. The molecule has 1 aromatic heterocycles. The molecule has 1 saturated heterocycles. The van der Waals surface area contributed by atoms with Crippen LogP contribution in [-0.2, 0) is 11.2 Å². The molecule has 1 aliphatic rings. The quantitative estimate of drug-likeness (QED) is 0.686. The van der Waals surface area contributed by atoms with E-state index in [9.17, 15) is 9.59 Å². The minimum absolute atomic E-state index is 0.0728. The van der Waals surface area contributed by atoms with E-state index in [2.05, 4.69) is 15.6 Å². The summed E-state index contributed by atoms with van der Waals surface area (Å²) in [5.41, 5.74) is 3.54. The maximum atomic E-state index is 12.3. The molecule has 3 aromatic rings. The van der Waals surface area contributed by atoms with Gasteiger partial charge in [-0.05, 0) is 35.9 Å². The van der Waals surface area contributed by atoms with Crippen LogP contribution in [0.5, 0.6) is 0 Å². The molecule has 6 nitrogen and oxygen atoms in total. The zero-order valence-electron chi connectivity index (χ0n) is 13.6. The highest BCUT2D eigenvalue weighted by atomic mass is 16.2. The SMILES string of the molecule is O=C(Cc1c[nH]c2ccccc12)Nc1ccc(N2CCNC2=O)cc1. The van der Waals surface area contributed by atoms with E-state index < -0.39 is 0 Å². The molecule has 1 aliphatic heterocycles.